The molecule has 4 nitrogen and oxygen atoms in total. The van der Waals surface area contributed by atoms with E-state index in [1.807, 2.05) is 6.92 Å². The molecule has 0 atom stereocenters. The van der Waals surface area contributed by atoms with Crippen molar-refractivity contribution in [3.05, 3.63) is 57.8 Å². The molecule has 0 saturated carbocycles. The van der Waals surface area contributed by atoms with Crippen LogP contribution in [-0.4, -0.2) is 8.42 Å². The monoisotopic (exact) mass is 372 g/mol. The number of anilines is 1. The molecule has 7 heteroatoms. The molecule has 0 spiro atoms. The van der Waals surface area contributed by atoms with Gasteiger partial charge < -0.3 is 5.73 Å². The molecule has 2 aromatic carbocycles. The van der Waals surface area contributed by atoms with Crippen LogP contribution in [0.1, 0.15) is 11.1 Å². The van der Waals surface area contributed by atoms with Crippen LogP contribution in [0, 0.1) is 12.7 Å². The van der Waals surface area contributed by atoms with E-state index in [9.17, 15) is 12.8 Å². The van der Waals surface area contributed by atoms with Gasteiger partial charge in [0.25, 0.3) is 10.0 Å². The van der Waals surface area contributed by atoms with Gasteiger partial charge in [0.1, 0.15) is 5.82 Å². The Hall–Kier alpha value is -1.44. The lowest BCUT2D eigenvalue weighted by Crippen LogP contribution is -2.14. The standard InChI is InChI=1S/C14H14BrFN2O2S/c1-9-2-4-12(6-10(9)8-17)21(19,20)18-11-3-5-13(15)14(16)7-11/h2-7,18H,8,17H2,1H3. The van der Waals surface area contributed by atoms with E-state index in [1.165, 1.54) is 24.3 Å². The topological polar surface area (TPSA) is 72.2 Å². The van der Waals surface area contributed by atoms with Crippen molar-refractivity contribution in [3.8, 4) is 0 Å². The van der Waals surface area contributed by atoms with E-state index < -0.39 is 15.8 Å². The Balaban J connectivity index is 2.35. The van der Waals surface area contributed by atoms with Gasteiger partial charge in [-0.2, -0.15) is 0 Å². The Kier molecular flexibility index (Phi) is 4.65. The first-order chi connectivity index (χ1) is 9.83. The highest BCUT2D eigenvalue weighted by atomic mass is 79.9. The molecule has 0 heterocycles. The van der Waals surface area contributed by atoms with Crippen molar-refractivity contribution in [2.24, 2.45) is 5.73 Å². The van der Waals surface area contributed by atoms with Crippen LogP contribution in [0.25, 0.3) is 0 Å². The van der Waals surface area contributed by atoms with E-state index in [2.05, 4.69) is 20.7 Å². The first-order valence-corrected chi connectivity index (χ1v) is 8.38. The summed E-state index contributed by atoms with van der Waals surface area (Å²) in [7, 11) is -3.78. The van der Waals surface area contributed by atoms with Crippen molar-refractivity contribution >= 4 is 31.6 Å². The largest absolute Gasteiger partial charge is 0.326 e. The highest BCUT2D eigenvalue weighted by Crippen LogP contribution is 2.23. The van der Waals surface area contributed by atoms with Gasteiger partial charge in [-0.05, 0) is 64.3 Å². The number of hydrogen-bond acceptors (Lipinski definition) is 3. The molecule has 0 amide bonds. The summed E-state index contributed by atoms with van der Waals surface area (Å²) in [6, 6.07) is 8.73. The summed E-state index contributed by atoms with van der Waals surface area (Å²) in [6.07, 6.45) is 0. The van der Waals surface area contributed by atoms with Crippen LogP contribution in [0.2, 0.25) is 0 Å². The molecule has 112 valence electrons. The fraction of sp³-hybridized carbons (Fsp3) is 0.143. The molecule has 21 heavy (non-hydrogen) atoms. The van der Waals surface area contributed by atoms with E-state index >= 15 is 0 Å². The molecule has 3 N–H and O–H groups in total. The summed E-state index contributed by atoms with van der Waals surface area (Å²) in [5, 5.41) is 0. The SMILES string of the molecule is Cc1ccc(S(=O)(=O)Nc2ccc(Br)c(F)c2)cc1CN. The molecule has 2 aromatic rings. The van der Waals surface area contributed by atoms with Crippen LogP contribution in [0.3, 0.4) is 0 Å². The van der Waals surface area contributed by atoms with Crippen LogP contribution >= 0.6 is 15.9 Å². The predicted molar refractivity (Wildman–Crippen MR) is 84.0 cm³/mol. The van der Waals surface area contributed by atoms with Gasteiger partial charge in [-0.25, -0.2) is 12.8 Å². The third kappa shape index (κ3) is 3.61. The fourth-order valence-corrected chi connectivity index (χ4v) is 3.15. The minimum absolute atomic E-state index is 0.0943. The zero-order valence-electron chi connectivity index (χ0n) is 11.2. The highest BCUT2D eigenvalue weighted by Gasteiger charge is 2.16. The number of nitrogens with two attached hydrogens (primary N) is 1. The molecule has 0 unspecified atom stereocenters. The average molecular weight is 373 g/mol. The average Bonchev–Trinajstić information content (AvgIpc) is 2.43. The molecule has 0 bridgehead atoms. The number of halogens is 2. The number of nitrogens with one attached hydrogen (secondary N) is 1. The molecule has 0 aliphatic rings. The summed E-state index contributed by atoms with van der Waals surface area (Å²) in [4.78, 5) is 0.0943. The zero-order valence-corrected chi connectivity index (χ0v) is 13.6. The molecule has 0 aromatic heterocycles. The first kappa shape index (κ1) is 15.9. The Morgan fingerprint density at radius 2 is 1.95 bits per heavy atom. The van der Waals surface area contributed by atoms with Crippen molar-refractivity contribution in [2.75, 3.05) is 4.72 Å². The van der Waals surface area contributed by atoms with E-state index in [0.717, 1.165) is 17.2 Å². The Bertz CT molecular complexity index is 779. The molecule has 0 radical (unpaired) electrons. The van der Waals surface area contributed by atoms with Gasteiger partial charge in [0.2, 0.25) is 0 Å². The van der Waals surface area contributed by atoms with Gasteiger partial charge in [-0.1, -0.05) is 6.07 Å². The smallest absolute Gasteiger partial charge is 0.261 e. The summed E-state index contributed by atoms with van der Waals surface area (Å²) >= 11 is 3.01. The number of benzene rings is 2. The summed E-state index contributed by atoms with van der Waals surface area (Å²) < 4.78 is 40.6. The van der Waals surface area contributed by atoms with Crippen molar-refractivity contribution in [1.82, 2.24) is 0 Å². The molecular formula is C14H14BrFN2O2S. The number of rotatable bonds is 4. The van der Waals surface area contributed by atoms with E-state index in [0.29, 0.717) is 0 Å². The first-order valence-electron chi connectivity index (χ1n) is 6.11. The second kappa shape index (κ2) is 6.13. The minimum atomic E-state index is -3.78. The zero-order chi connectivity index (χ0) is 15.6. The summed E-state index contributed by atoms with van der Waals surface area (Å²) in [6.45, 7) is 2.11. The van der Waals surface area contributed by atoms with Crippen molar-refractivity contribution < 1.29 is 12.8 Å². The number of hydrogen-bond donors (Lipinski definition) is 2. The maximum Gasteiger partial charge on any atom is 0.261 e. The Morgan fingerprint density at radius 3 is 2.57 bits per heavy atom. The van der Waals surface area contributed by atoms with Crippen LogP contribution in [0.5, 0.6) is 0 Å². The molecule has 2 rings (SSSR count). The summed E-state index contributed by atoms with van der Waals surface area (Å²) in [5.74, 6) is -0.540. The number of aryl methyl sites for hydroxylation is 1. The van der Waals surface area contributed by atoms with Gasteiger partial charge in [0, 0.05) is 6.54 Å². The Labute approximate surface area is 131 Å². The summed E-state index contributed by atoms with van der Waals surface area (Å²) in [5.41, 5.74) is 7.41. The van der Waals surface area contributed by atoms with Crippen LogP contribution in [-0.2, 0) is 16.6 Å². The van der Waals surface area contributed by atoms with Crippen LogP contribution in [0.4, 0.5) is 10.1 Å². The number of sulfonamides is 1. The molecule has 0 fully saturated rings. The maximum atomic E-state index is 13.4. The highest BCUT2D eigenvalue weighted by molar-refractivity contribution is 9.10. The van der Waals surface area contributed by atoms with Crippen molar-refractivity contribution in [1.29, 1.82) is 0 Å². The van der Waals surface area contributed by atoms with Gasteiger partial charge in [0.05, 0.1) is 15.1 Å². The lowest BCUT2D eigenvalue weighted by atomic mass is 10.1. The third-order valence-corrected chi connectivity index (χ3v) is 5.04. The fourth-order valence-electron chi connectivity index (χ4n) is 1.81. The van der Waals surface area contributed by atoms with E-state index in [1.54, 1.807) is 6.07 Å². The van der Waals surface area contributed by atoms with Gasteiger partial charge in [-0.15, -0.1) is 0 Å². The maximum absolute atomic E-state index is 13.4. The van der Waals surface area contributed by atoms with Crippen LogP contribution < -0.4 is 10.5 Å². The molecule has 0 aliphatic carbocycles. The quantitative estimate of drug-likeness (QED) is 0.865. The normalized spacial score (nSPS) is 11.4. The van der Waals surface area contributed by atoms with Gasteiger partial charge in [-0.3, -0.25) is 4.72 Å². The molecular weight excluding hydrogens is 359 g/mol. The van der Waals surface area contributed by atoms with Gasteiger partial charge >= 0.3 is 0 Å². The van der Waals surface area contributed by atoms with Crippen LogP contribution in [0.15, 0.2) is 45.8 Å². The van der Waals surface area contributed by atoms with E-state index in [-0.39, 0.29) is 21.6 Å². The second-order valence-electron chi connectivity index (χ2n) is 4.53. The molecule has 0 aliphatic heterocycles. The van der Waals surface area contributed by atoms with E-state index in [4.69, 9.17) is 5.73 Å². The Morgan fingerprint density at radius 1 is 1.24 bits per heavy atom. The minimum Gasteiger partial charge on any atom is -0.326 e. The third-order valence-electron chi connectivity index (χ3n) is 3.02. The van der Waals surface area contributed by atoms with Crippen molar-refractivity contribution in [2.45, 2.75) is 18.4 Å². The molecule has 0 saturated heterocycles. The van der Waals surface area contributed by atoms with Gasteiger partial charge in [0.15, 0.2) is 0 Å². The second-order valence-corrected chi connectivity index (χ2v) is 7.06. The predicted octanol–water partition coefficient (Wildman–Crippen LogP) is 3.16. The lowest BCUT2D eigenvalue weighted by Gasteiger charge is -2.11. The van der Waals surface area contributed by atoms with Crippen molar-refractivity contribution in [3.63, 3.8) is 0 Å². The lowest BCUT2D eigenvalue weighted by molar-refractivity contribution is 0.601.